The van der Waals surface area contributed by atoms with Crippen LogP contribution in [0.5, 0.6) is 0 Å². The molecule has 0 saturated carbocycles. The number of esters is 1. The number of ether oxygens (including phenoxy) is 1. The summed E-state index contributed by atoms with van der Waals surface area (Å²) < 4.78 is 5.26. The Hall–Kier alpha value is -1.40. The van der Waals surface area contributed by atoms with Crippen molar-refractivity contribution >= 4 is 28.2 Å². The van der Waals surface area contributed by atoms with Crippen LogP contribution in [0.25, 0.3) is 0 Å². The maximum atomic E-state index is 12.6. The largest absolute Gasteiger partial charge is 0.462 e. The molecule has 26 heavy (non-hydrogen) atoms. The number of anilines is 1. The summed E-state index contributed by atoms with van der Waals surface area (Å²) in [6.45, 7) is 10.7. The summed E-state index contributed by atoms with van der Waals surface area (Å²) in [4.78, 5) is 28.4. The van der Waals surface area contributed by atoms with Gasteiger partial charge in [0.2, 0.25) is 5.91 Å². The Bertz CT molecular complexity index is 627. The van der Waals surface area contributed by atoms with Crippen molar-refractivity contribution in [3.8, 4) is 0 Å². The number of likely N-dealkylation sites (N-methyl/N-ethyl adjacent to an activating group) is 1. The number of nitrogens with one attached hydrogen (secondary N) is 1. The lowest BCUT2D eigenvalue weighted by Crippen LogP contribution is -2.34. The van der Waals surface area contributed by atoms with E-state index in [1.807, 2.05) is 6.92 Å². The molecule has 1 aliphatic rings. The second-order valence-corrected chi connectivity index (χ2v) is 8.15. The van der Waals surface area contributed by atoms with Gasteiger partial charge < -0.3 is 10.1 Å². The number of hydrogen-bond acceptors (Lipinski definition) is 5. The smallest absolute Gasteiger partial charge is 0.341 e. The average Bonchev–Trinajstić information content (AvgIpc) is 2.95. The van der Waals surface area contributed by atoms with Gasteiger partial charge in [0.15, 0.2) is 0 Å². The zero-order valence-corrected chi connectivity index (χ0v) is 17.3. The van der Waals surface area contributed by atoms with E-state index in [1.54, 1.807) is 11.3 Å². The molecule has 1 N–H and O–H groups in total. The SMILES string of the molecule is CCCCN(CC)CC(=O)Nc1sc2c(c1C(=O)OCC)CC[C@H](C)C2. The Morgan fingerprint density at radius 1 is 1.31 bits per heavy atom. The second kappa shape index (κ2) is 10.1. The van der Waals surface area contributed by atoms with Gasteiger partial charge in [0, 0.05) is 4.88 Å². The van der Waals surface area contributed by atoms with Crippen molar-refractivity contribution in [2.24, 2.45) is 5.92 Å². The lowest BCUT2D eigenvalue weighted by atomic mass is 9.88. The number of fused-ring (bicyclic) bond motifs is 1. The molecular weight excluding hydrogens is 348 g/mol. The summed E-state index contributed by atoms with van der Waals surface area (Å²) in [6.07, 6.45) is 5.12. The Morgan fingerprint density at radius 3 is 2.73 bits per heavy atom. The van der Waals surface area contributed by atoms with Crippen molar-refractivity contribution in [3.63, 3.8) is 0 Å². The quantitative estimate of drug-likeness (QED) is 0.655. The number of thiophene rings is 1. The molecule has 0 radical (unpaired) electrons. The van der Waals surface area contributed by atoms with Gasteiger partial charge in [0.25, 0.3) is 0 Å². The molecule has 0 saturated heterocycles. The molecule has 2 rings (SSSR count). The molecule has 1 aromatic heterocycles. The van der Waals surface area contributed by atoms with Crippen molar-refractivity contribution in [1.29, 1.82) is 0 Å². The van der Waals surface area contributed by atoms with Gasteiger partial charge in [-0.05, 0) is 57.2 Å². The normalized spacial score (nSPS) is 16.4. The second-order valence-electron chi connectivity index (χ2n) is 7.05. The van der Waals surface area contributed by atoms with Crippen LogP contribution in [0, 0.1) is 5.92 Å². The molecule has 0 aromatic carbocycles. The van der Waals surface area contributed by atoms with E-state index >= 15 is 0 Å². The van der Waals surface area contributed by atoms with Gasteiger partial charge in [-0.3, -0.25) is 9.69 Å². The summed E-state index contributed by atoms with van der Waals surface area (Å²) in [7, 11) is 0. The molecule has 1 heterocycles. The van der Waals surface area contributed by atoms with E-state index in [0.29, 0.717) is 29.6 Å². The van der Waals surface area contributed by atoms with E-state index in [-0.39, 0.29) is 11.9 Å². The molecule has 1 aromatic rings. The fraction of sp³-hybridized carbons (Fsp3) is 0.700. The number of unbranched alkanes of at least 4 members (excludes halogenated alkanes) is 1. The third kappa shape index (κ3) is 5.30. The van der Waals surface area contributed by atoms with Gasteiger partial charge in [-0.15, -0.1) is 11.3 Å². The van der Waals surface area contributed by atoms with E-state index in [2.05, 4.69) is 31.0 Å². The first-order valence-electron chi connectivity index (χ1n) is 9.83. The minimum atomic E-state index is -0.312. The summed E-state index contributed by atoms with van der Waals surface area (Å²) in [5, 5.41) is 3.67. The van der Waals surface area contributed by atoms with Crippen LogP contribution < -0.4 is 5.32 Å². The highest BCUT2D eigenvalue weighted by atomic mass is 32.1. The molecule has 0 bridgehead atoms. The van der Waals surface area contributed by atoms with Gasteiger partial charge in [-0.25, -0.2) is 4.79 Å². The van der Waals surface area contributed by atoms with E-state index in [1.165, 1.54) is 4.88 Å². The Kier molecular flexibility index (Phi) is 8.10. The third-order valence-electron chi connectivity index (χ3n) is 4.89. The average molecular weight is 381 g/mol. The first kappa shape index (κ1) is 20.9. The molecule has 1 aliphatic carbocycles. The van der Waals surface area contributed by atoms with Crippen molar-refractivity contribution < 1.29 is 14.3 Å². The first-order valence-corrected chi connectivity index (χ1v) is 10.7. The van der Waals surface area contributed by atoms with Crippen molar-refractivity contribution in [2.45, 2.75) is 59.8 Å². The van der Waals surface area contributed by atoms with Gasteiger partial charge in [-0.2, -0.15) is 0 Å². The number of amides is 1. The van der Waals surface area contributed by atoms with E-state index in [0.717, 1.165) is 50.8 Å². The summed E-state index contributed by atoms with van der Waals surface area (Å²) in [5.41, 5.74) is 1.67. The summed E-state index contributed by atoms with van der Waals surface area (Å²) in [6, 6.07) is 0. The van der Waals surface area contributed by atoms with Crippen molar-refractivity contribution in [1.82, 2.24) is 4.90 Å². The predicted molar refractivity (Wildman–Crippen MR) is 107 cm³/mol. The highest BCUT2D eigenvalue weighted by molar-refractivity contribution is 7.17. The zero-order chi connectivity index (χ0) is 19.1. The van der Waals surface area contributed by atoms with Crippen LogP contribution in [0.4, 0.5) is 5.00 Å². The lowest BCUT2D eigenvalue weighted by Gasteiger charge is -2.19. The highest BCUT2D eigenvalue weighted by Gasteiger charge is 2.29. The molecule has 5 nitrogen and oxygen atoms in total. The fourth-order valence-corrected chi connectivity index (χ4v) is 4.77. The lowest BCUT2D eigenvalue weighted by molar-refractivity contribution is -0.117. The van der Waals surface area contributed by atoms with Gasteiger partial charge in [-0.1, -0.05) is 27.2 Å². The Morgan fingerprint density at radius 2 is 2.08 bits per heavy atom. The zero-order valence-electron chi connectivity index (χ0n) is 16.5. The van der Waals surface area contributed by atoms with Gasteiger partial charge >= 0.3 is 5.97 Å². The first-order chi connectivity index (χ1) is 12.5. The van der Waals surface area contributed by atoms with Crippen LogP contribution >= 0.6 is 11.3 Å². The molecule has 1 atom stereocenters. The molecule has 1 amide bonds. The standard InChI is InChI=1S/C20H32N2O3S/c1-5-8-11-22(6-2)13-17(23)21-19-18(20(24)25-7-3)15-10-9-14(4)12-16(15)26-19/h14H,5-13H2,1-4H3,(H,21,23)/t14-/m0/s1. The minimum Gasteiger partial charge on any atom is -0.462 e. The molecule has 0 unspecified atom stereocenters. The molecule has 146 valence electrons. The maximum absolute atomic E-state index is 12.6. The monoisotopic (exact) mass is 380 g/mol. The van der Waals surface area contributed by atoms with Crippen molar-refractivity contribution in [3.05, 3.63) is 16.0 Å². The molecule has 0 spiro atoms. The van der Waals surface area contributed by atoms with Crippen LogP contribution in [0.15, 0.2) is 0 Å². The van der Waals surface area contributed by atoms with Crippen LogP contribution in [-0.4, -0.2) is 43.0 Å². The van der Waals surface area contributed by atoms with Crippen LogP contribution in [0.2, 0.25) is 0 Å². The van der Waals surface area contributed by atoms with Crippen molar-refractivity contribution in [2.75, 3.05) is 31.6 Å². The Balaban J connectivity index is 2.17. The van der Waals surface area contributed by atoms with Crippen LogP contribution in [0.3, 0.4) is 0 Å². The van der Waals surface area contributed by atoms with E-state index in [4.69, 9.17) is 4.74 Å². The molecular formula is C20H32N2O3S. The molecule has 0 aliphatic heterocycles. The fourth-order valence-electron chi connectivity index (χ4n) is 3.36. The predicted octanol–water partition coefficient (Wildman–Crippen LogP) is 4.11. The molecule has 0 fully saturated rings. The van der Waals surface area contributed by atoms with Crippen LogP contribution in [0.1, 0.15) is 67.8 Å². The number of nitrogens with zero attached hydrogens (tertiary/aromatic N) is 1. The van der Waals surface area contributed by atoms with E-state index < -0.39 is 0 Å². The topological polar surface area (TPSA) is 58.6 Å². The number of rotatable bonds is 9. The summed E-state index contributed by atoms with van der Waals surface area (Å²) >= 11 is 1.55. The maximum Gasteiger partial charge on any atom is 0.341 e. The third-order valence-corrected chi connectivity index (χ3v) is 6.06. The minimum absolute atomic E-state index is 0.0554. The number of hydrogen-bond donors (Lipinski definition) is 1. The van der Waals surface area contributed by atoms with Gasteiger partial charge in [0.1, 0.15) is 5.00 Å². The van der Waals surface area contributed by atoms with Gasteiger partial charge in [0.05, 0.1) is 18.7 Å². The summed E-state index contributed by atoms with van der Waals surface area (Å²) in [5.74, 6) is 0.248. The number of carbonyl (C=O) groups excluding carboxylic acids is 2. The molecule has 6 heteroatoms. The Labute approximate surface area is 161 Å². The number of carbonyl (C=O) groups is 2. The van der Waals surface area contributed by atoms with Crippen LogP contribution in [-0.2, 0) is 22.4 Å². The highest BCUT2D eigenvalue weighted by Crippen LogP contribution is 2.40. The van der Waals surface area contributed by atoms with E-state index in [9.17, 15) is 9.59 Å².